The summed E-state index contributed by atoms with van der Waals surface area (Å²) in [5.41, 5.74) is -0.665. The van der Waals surface area contributed by atoms with Crippen molar-refractivity contribution in [2.24, 2.45) is 11.8 Å². The Morgan fingerprint density at radius 3 is 2.29 bits per heavy atom. The Kier molecular flexibility index (Phi) is 7.84. The number of likely N-dealkylation sites (tertiary alicyclic amines) is 1. The highest BCUT2D eigenvalue weighted by Crippen LogP contribution is 2.41. The smallest absolute Gasteiger partial charge is 0.257 e. The molecule has 3 fully saturated rings. The van der Waals surface area contributed by atoms with Crippen molar-refractivity contribution in [3.63, 3.8) is 0 Å². The summed E-state index contributed by atoms with van der Waals surface area (Å²) in [5, 5.41) is 14.9. The molecule has 0 bridgehead atoms. The zero-order valence-corrected chi connectivity index (χ0v) is 19.0. The van der Waals surface area contributed by atoms with Crippen LogP contribution in [0.2, 0.25) is 0 Å². The molecule has 31 heavy (non-hydrogen) atoms. The summed E-state index contributed by atoms with van der Waals surface area (Å²) in [4.78, 5) is 15.8. The number of nitrogens with zero attached hydrogens (tertiary/aromatic N) is 1. The van der Waals surface area contributed by atoms with Gasteiger partial charge in [-0.1, -0.05) is 81.0 Å². The number of benzene rings is 1. The number of hydrogen-bond donors (Lipinski definition) is 2. The number of rotatable bonds is 8. The molecule has 1 aromatic rings. The summed E-state index contributed by atoms with van der Waals surface area (Å²) >= 11 is 0. The van der Waals surface area contributed by atoms with Crippen molar-refractivity contribution in [3.05, 3.63) is 48.0 Å². The van der Waals surface area contributed by atoms with Crippen molar-refractivity contribution in [1.82, 2.24) is 10.2 Å². The van der Waals surface area contributed by atoms with Crippen molar-refractivity contribution in [2.75, 3.05) is 19.6 Å². The van der Waals surface area contributed by atoms with Crippen LogP contribution in [0.3, 0.4) is 0 Å². The summed E-state index contributed by atoms with van der Waals surface area (Å²) in [7, 11) is 0. The van der Waals surface area contributed by atoms with Gasteiger partial charge in [-0.3, -0.25) is 9.69 Å². The van der Waals surface area contributed by atoms with Crippen LogP contribution in [-0.2, 0) is 10.4 Å². The molecule has 0 spiro atoms. The van der Waals surface area contributed by atoms with Crippen LogP contribution in [-0.4, -0.2) is 41.6 Å². The van der Waals surface area contributed by atoms with E-state index in [4.69, 9.17) is 0 Å². The zero-order chi connectivity index (χ0) is 21.5. The Bertz CT molecular complexity index is 714. The highest BCUT2D eigenvalue weighted by Gasteiger charge is 2.46. The largest absolute Gasteiger partial charge is 0.375 e. The van der Waals surface area contributed by atoms with Crippen molar-refractivity contribution < 1.29 is 9.90 Å². The van der Waals surface area contributed by atoms with E-state index in [9.17, 15) is 9.90 Å². The first-order valence-electron chi connectivity index (χ1n) is 12.6. The van der Waals surface area contributed by atoms with Gasteiger partial charge >= 0.3 is 0 Å². The number of amides is 1. The lowest BCUT2D eigenvalue weighted by atomic mass is 9.79. The van der Waals surface area contributed by atoms with E-state index in [2.05, 4.69) is 22.4 Å². The molecule has 1 atom stereocenters. The first-order chi connectivity index (χ1) is 15.2. The maximum Gasteiger partial charge on any atom is 0.257 e. The van der Waals surface area contributed by atoms with Crippen LogP contribution < -0.4 is 5.32 Å². The van der Waals surface area contributed by atoms with Gasteiger partial charge in [0.2, 0.25) is 0 Å². The Labute approximate surface area is 188 Å². The molecule has 1 aromatic carbocycles. The average molecular weight is 425 g/mol. The SMILES string of the molecule is O=C(NC1CCN(C/C=C/CC2CCCC2)CC1)C(O)(c1ccccc1)C1CCCC1. The van der Waals surface area contributed by atoms with E-state index < -0.39 is 5.60 Å². The first kappa shape index (κ1) is 22.5. The van der Waals surface area contributed by atoms with Crippen molar-refractivity contribution >= 4 is 5.91 Å². The number of nitrogens with one attached hydrogen (secondary N) is 1. The summed E-state index contributed by atoms with van der Waals surface area (Å²) in [6.45, 7) is 3.03. The highest BCUT2D eigenvalue weighted by atomic mass is 16.3. The van der Waals surface area contributed by atoms with E-state index in [1.165, 1.54) is 32.1 Å². The number of carbonyl (C=O) groups is 1. The molecule has 2 saturated carbocycles. The summed E-state index contributed by atoms with van der Waals surface area (Å²) in [6, 6.07) is 9.73. The van der Waals surface area contributed by atoms with E-state index in [0.29, 0.717) is 0 Å². The van der Waals surface area contributed by atoms with Gasteiger partial charge in [-0.2, -0.15) is 0 Å². The van der Waals surface area contributed by atoms with Gasteiger partial charge in [-0.05, 0) is 43.6 Å². The average Bonchev–Trinajstić information content (AvgIpc) is 3.52. The second-order valence-electron chi connectivity index (χ2n) is 10.0. The molecule has 1 saturated heterocycles. The van der Waals surface area contributed by atoms with Gasteiger partial charge in [0, 0.05) is 31.6 Å². The molecule has 3 aliphatic rings. The molecule has 4 heteroatoms. The Balaban J connectivity index is 1.27. The van der Waals surface area contributed by atoms with E-state index in [1.807, 2.05) is 30.3 Å². The van der Waals surface area contributed by atoms with Crippen LogP contribution in [0.15, 0.2) is 42.5 Å². The lowest BCUT2D eigenvalue weighted by Crippen LogP contribution is -2.54. The van der Waals surface area contributed by atoms with Crippen molar-refractivity contribution in [3.8, 4) is 0 Å². The molecule has 170 valence electrons. The molecule has 2 N–H and O–H groups in total. The minimum Gasteiger partial charge on any atom is -0.375 e. The molecule has 0 aromatic heterocycles. The van der Waals surface area contributed by atoms with Crippen LogP contribution in [0.1, 0.15) is 76.2 Å². The third-order valence-electron chi connectivity index (χ3n) is 7.90. The predicted octanol–water partition coefficient (Wildman–Crippen LogP) is 4.78. The maximum atomic E-state index is 13.4. The lowest BCUT2D eigenvalue weighted by Gasteiger charge is -2.37. The van der Waals surface area contributed by atoms with E-state index in [-0.39, 0.29) is 17.9 Å². The molecule has 1 heterocycles. The van der Waals surface area contributed by atoms with Gasteiger partial charge in [0.25, 0.3) is 5.91 Å². The molecule has 4 rings (SSSR count). The summed E-state index contributed by atoms with van der Waals surface area (Å²) in [6.07, 6.45) is 17.6. The number of piperidine rings is 1. The third kappa shape index (κ3) is 5.59. The fourth-order valence-electron chi connectivity index (χ4n) is 5.90. The predicted molar refractivity (Wildman–Crippen MR) is 126 cm³/mol. The highest BCUT2D eigenvalue weighted by molar-refractivity contribution is 5.87. The molecular formula is C27H40N2O2. The molecule has 0 radical (unpaired) electrons. The molecule has 1 amide bonds. The number of carbonyl (C=O) groups excluding carboxylic acids is 1. The van der Waals surface area contributed by atoms with Crippen molar-refractivity contribution in [1.29, 1.82) is 0 Å². The van der Waals surface area contributed by atoms with Gasteiger partial charge in [0.05, 0.1) is 0 Å². The Hall–Kier alpha value is -1.65. The number of hydrogen-bond acceptors (Lipinski definition) is 3. The Morgan fingerprint density at radius 1 is 0.968 bits per heavy atom. The quantitative estimate of drug-likeness (QED) is 0.591. The standard InChI is InChI=1S/C27H40N2O2/c30-26(27(31,24-15-6-7-16-24)23-13-2-1-3-14-23)28-25-17-20-29(21-18-25)19-9-8-12-22-10-4-5-11-22/h1-3,8-9,13-14,22,24-25,31H,4-7,10-12,15-21H2,(H,28,30)/b9-8+. The second-order valence-corrected chi connectivity index (χ2v) is 10.0. The topological polar surface area (TPSA) is 52.6 Å². The van der Waals surface area contributed by atoms with E-state index in [1.54, 1.807) is 0 Å². The van der Waals surface area contributed by atoms with Crippen LogP contribution in [0, 0.1) is 11.8 Å². The van der Waals surface area contributed by atoms with Gasteiger partial charge < -0.3 is 10.4 Å². The van der Waals surface area contributed by atoms with E-state index >= 15 is 0 Å². The van der Waals surface area contributed by atoms with Crippen LogP contribution in [0.5, 0.6) is 0 Å². The van der Waals surface area contributed by atoms with Gasteiger partial charge in [0.1, 0.15) is 0 Å². The molecule has 1 aliphatic heterocycles. The number of aliphatic hydroxyl groups is 1. The van der Waals surface area contributed by atoms with Crippen LogP contribution >= 0.6 is 0 Å². The summed E-state index contributed by atoms with van der Waals surface area (Å²) in [5.74, 6) is 0.737. The van der Waals surface area contributed by atoms with Gasteiger partial charge in [-0.25, -0.2) is 0 Å². The first-order valence-corrected chi connectivity index (χ1v) is 12.6. The Morgan fingerprint density at radius 2 is 1.61 bits per heavy atom. The second kappa shape index (κ2) is 10.8. The van der Waals surface area contributed by atoms with Crippen molar-refractivity contribution in [2.45, 2.75) is 82.3 Å². The monoisotopic (exact) mass is 424 g/mol. The molecule has 1 unspecified atom stereocenters. The number of allylic oxidation sites excluding steroid dienone is 1. The fraction of sp³-hybridized carbons (Fsp3) is 0.667. The molecule has 4 nitrogen and oxygen atoms in total. The maximum absolute atomic E-state index is 13.4. The van der Waals surface area contributed by atoms with Crippen LogP contribution in [0.25, 0.3) is 0 Å². The molecular weight excluding hydrogens is 384 g/mol. The minimum absolute atomic E-state index is 0.0139. The van der Waals surface area contributed by atoms with Gasteiger partial charge in [0.15, 0.2) is 5.60 Å². The lowest BCUT2D eigenvalue weighted by molar-refractivity contribution is -0.148. The zero-order valence-electron chi connectivity index (χ0n) is 19.0. The fourth-order valence-corrected chi connectivity index (χ4v) is 5.90. The minimum atomic E-state index is -1.40. The normalized spacial score (nSPS) is 24.0. The van der Waals surface area contributed by atoms with E-state index in [0.717, 1.165) is 69.6 Å². The van der Waals surface area contributed by atoms with Crippen LogP contribution in [0.4, 0.5) is 0 Å². The summed E-state index contributed by atoms with van der Waals surface area (Å²) < 4.78 is 0. The molecule has 2 aliphatic carbocycles. The van der Waals surface area contributed by atoms with Gasteiger partial charge in [-0.15, -0.1) is 0 Å². The third-order valence-corrected chi connectivity index (χ3v) is 7.90.